The Morgan fingerprint density at radius 3 is 2.30 bits per heavy atom. The molecule has 0 heterocycles. The van der Waals surface area contributed by atoms with Gasteiger partial charge < -0.3 is 20.3 Å². The monoisotopic (exact) mass is 281 g/mol. The zero-order valence-corrected chi connectivity index (χ0v) is 12.7. The van der Waals surface area contributed by atoms with Gasteiger partial charge in [0.2, 0.25) is 0 Å². The topological polar surface area (TPSA) is 64.7 Å². The van der Waals surface area contributed by atoms with Crippen molar-refractivity contribution in [3.8, 4) is 5.75 Å². The van der Waals surface area contributed by atoms with E-state index in [-0.39, 0.29) is 12.7 Å². The molecular formula is C16H27NO3. The quantitative estimate of drug-likeness (QED) is 0.729. The third kappa shape index (κ3) is 6.89. The van der Waals surface area contributed by atoms with Crippen molar-refractivity contribution < 1.29 is 14.6 Å². The number of nitrogens with two attached hydrogens (primary N) is 1. The van der Waals surface area contributed by atoms with Crippen LogP contribution in [-0.4, -0.2) is 30.5 Å². The average Bonchev–Trinajstić information content (AvgIpc) is 2.42. The lowest BCUT2D eigenvalue weighted by Gasteiger charge is -2.18. The highest BCUT2D eigenvalue weighted by Gasteiger charge is 2.10. The molecule has 2 unspecified atom stereocenters. The highest BCUT2D eigenvalue weighted by molar-refractivity contribution is 5.27. The van der Waals surface area contributed by atoms with Gasteiger partial charge in [0.05, 0.1) is 12.7 Å². The van der Waals surface area contributed by atoms with Crippen molar-refractivity contribution in [2.45, 2.75) is 45.9 Å². The Labute approximate surface area is 121 Å². The van der Waals surface area contributed by atoms with E-state index in [1.54, 1.807) is 0 Å². The van der Waals surface area contributed by atoms with Gasteiger partial charge in [0.15, 0.2) is 0 Å². The van der Waals surface area contributed by atoms with Crippen LogP contribution in [0.3, 0.4) is 0 Å². The van der Waals surface area contributed by atoms with Gasteiger partial charge in [0, 0.05) is 6.54 Å². The molecule has 4 nitrogen and oxygen atoms in total. The molecule has 0 fully saturated rings. The van der Waals surface area contributed by atoms with Gasteiger partial charge in [0.25, 0.3) is 0 Å². The number of hydrogen-bond donors (Lipinski definition) is 2. The van der Waals surface area contributed by atoms with Crippen molar-refractivity contribution in [1.82, 2.24) is 0 Å². The molecule has 0 saturated carbocycles. The molecule has 0 spiro atoms. The molecule has 114 valence electrons. The van der Waals surface area contributed by atoms with E-state index in [0.717, 1.165) is 17.7 Å². The van der Waals surface area contributed by atoms with E-state index in [0.29, 0.717) is 19.1 Å². The molecule has 3 N–H and O–H groups in total. The fourth-order valence-electron chi connectivity index (χ4n) is 1.97. The van der Waals surface area contributed by atoms with Gasteiger partial charge in [-0.1, -0.05) is 26.0 Å². The summed E-state index contributed by atoms with van der Waals surface area (Å²) in [5.74, 6) is 1.33. The molecule has 0 radical (unpaired) electrons. The third-order valence-electron chi connectivity index (χ3n) is 2.98. The maximum Gasteiger partial charge on any atom is 0.119 e. The number of aliphatic hydroxyl groups is 1. The van der Waals surface area contributed by atoms with Gasteiger partial charge in [-0.15, -0.1) is 0 Å². The van der Waals surface area contributed by atoms with Crippen molar-refractivity contribution in [2.75, 3.05) is 13.2 Å². The first-order chi connectivity index (χ1) is 9.51. The van der Waals surface area contributed by atoms with Gasteiger partial charge >= 0.3 is 0 Å². The van der Waals surface area contributed by atoms with E-state index in [4.69, 9.17) is 15.2 Å². The van der Waals surface area contributed by atoms with Crippen molar-refractivity contribution >= 4 is 0 Å². The van der Waals surface area contributed by atoms with E-state index in [9.17, 15) is 5.11 Å². The summed E-state index contributed by atoms with van der Waals surface area (Å²) in [6.45, 7) is 7.39. The number of ether oxygens (including phenoxy) is 2. The Morgan fingerprint density at radius 1 is 1.10 bits per heavy atom. The third-order valence-corrected chi connectivity index (χ3v) is 2.98. The molecular weight excluding hydrogens is 254 g/mol. The Morgan fingerprint density at radius 2 is 1.75 bits per heavy atom. The largest absolute Gasteiger partial charge is 0.491 e. The number of aliphatic hydroxyl groups excluding tert-OH is 1. The summed E-state index contributed by atoms with van der Waals surface area (Å²) in [5.41, 5.74) is 6.59. The van der Waals surface area contributed by atoms with Gasteiger partial charge in [-0.25, -0.2) is 0 Å². The van der Waals surface area contributed by atoms with Crippen LogP contribution in [0.15, 0.2) is 24.3 Å². The second-order valence-corrected chi connectivity index (χ2v) is 5.59. The normalized spacial score (nSPS) is 14.3. The fraction of sp³-hybridized carbons (Fsp3) is 0.625. The lowest BCUT2D eigenvalue weighted by atomic mass is 10.1. The van der Waals surface area contributed by atoms with Crippen molar-refractivity contribution in [3.63, 3.8) is 0 Å². The van der Waals surface area contributed by atoms with Gasteiger partial charge in [-0.2, -0.15) is 0 Å². The molecule has 4 heteroatoms. The SMILES string of the molecule is CC(C)CC(C)OCC(O)COc1ccc(CN)cc1. The molecule has 20 heavy (non-hydrogen) atoms. The van der Waals surface area contributed by atoms with Crippen LogP contribution in [0.25, 0.3) is 0 Å². The maximum absolute atomic E-state index is 9.82. The van der Waals surface area contributed by atoms with E-state index >= 15 is 0 Å². The van der Waals surface area contributed by atoms with E-state index in [1.807, 2.05) is 31.2 Å². The number of rotatable bonds is 9. The molecule has 1 aromatic carbocycles. The Kier molecular flexibility index (Phi) is 7.59. The molecule has 0 aromatic heterocycles. The number of hydrogen-bond acceptors (Lipinski definition) is 4. The molecule has 1 rings (SSSR count). The van der Waals surface area contributed by atoms with Gasteiger partial charge in [-0.3, -0.25) is 0 Å². The predicted octanol–water partition coefficient (Wildman–Crippen LogP) is 2.34. The first kappa shape index (κ1) is 17.0. The van der Waals surface area contributed by atoms with Crippen LogP contribution in [0.2, 0.25) is 0 Å². The maximum atomic E-state index is 9.82. The van der Waals surface area contributed by atoms with Gasteiger partial charge in [0.1, 0.15) is 18.5 Å². The minimum Gasteiger partial charge on any atom is -0.491 e. The minimum atomic E-state index is -0.612. The summed E-state index contributed by atoms with van der Waals surface area (Å²) in [7, 11) is 0. The molecule has 0 aliphatic heterocycles. The second kappa shape index (κ2) is 8.95. The molecule has 0 bridgehead atoms. The van der Waals surface area contributed by atoms with Crippen LogP contribution in [-0.2, 0) is 11.3 Å². The Balaban J connectivity index is 2.23. The van der Waals surface area contributed by atoms with E-state index in [1.165, 1.54) is 0 Å². The fourth-order valence-corrected chi connectivity index (χ4v) is 1.97. The zero-order chi connectivity index (χ0) is 15.0. The van der Waals surface area contributed by atoms with Crippen molar-refractivity contribution in [1.29, 1.82) is 0 Å². The second-order valence-electron chi connectivity index (χ2n) is 5.59. The van der Waals surface area contributed by atoms with Crippen LogP contribution < -0.4 is 10.5 Å². The summed E-state index contributed by atoms with van der Waals surface area (Å²) in [6, 6.07) is 7.56. The van der Waals surface area contributed by atoms with E-state index in [2.05, 4.69) is 13.8 Å². The van der Waals surface area contributed by atoms with Crippen LogP contribution in [0.1, 0.15) is 32.8 Å². The smallest absolute Gasteiger partial charge is 0.119 e. The standard InChI is InChI=1S/C16H27NO3/c1-12(2)8-13(3)19-10-15(18)11-20-16-6-4-14(9-17)5-7-16/h4-7,12-13,15,18H,8-11,17H2,1-3H3. The summed E-state index contributed by atoms with van der Waals surface area (Å²) in [5, 5.41) is 9.82. The lowest BCUT2D eigenvalue weighted by Crippen LogP contribution is -2.26. The first-order valence-corrected chi connectivity index (χ1v) is 7.22. The summed E-state index contributed by atoms with van der Waals surface area (Å²) >= 11 is 0. The summed E-state index contributed by atoms with van der Waals surface area (Å²) in [6.07, 6.45) is 0.543. The molecule has 2 atom stereocenters. The van der Waals surface area contributed by atoms with E-state index < -0.39 is 6.10 Å². The molecule has 1 aromatic rings. The molecule has 0 aliphatic rings. The Bertz CT molecular complexity index is 364. The van der Waals surface area contributed by atoms with Crippen LogP contribution in [0, 0.1) is 5.92 Å². The summed E-state index contributed by atoms with van der Waals surface area (Å²) < 4.78 is 11.1. The Hall–Kier alpha value is -1.10. The van der Waals surface area contributed by atoms with Crippen molar-refractivity contribution in [2.24, 2.45) is 11.7 Å². The van der Waals surface area contributed by atoms with Crippen molar-refractivity contribution in [3.05, 3.63) is 29.8 Å². The van der Waals surface area contributed by atoms with Crippen LogP contribution >= 0.6 is 0 Å². The molecule has 0 saturated heterocycles. The minimum absolute atomic E-state index is 0.161. The predicted molar refractivity (Wildman–Crippen MR) is 80.7 cm³/mol. The average molecular weight is 281 g/mol. The molecule has 0 aliphatic carbocycles. The number of benzene rings is 1. The van der Waals surface area contributed by atoms with Crippen LogP contribution in [0.5, 0.6) is 5.75 Å². The van der Waals surface area contributed by atoms with Crippen LogP contribution in [0.4, 0.5) is 0 Å². The lowest BCUT2D eigenvalue weighted by molar-refractivity contribution is -0.0242. The summed E-state index contributed by atoms with van der Waals surface area (Å²) in [4.78, 5) is 0. The highest BCUT2D eigenvalue weighted by atomic mass is 16.5. The highest BCUT2D eigenvalue weighted by Crippen LogP contribution is 2.12. The van der Waals surface area contributed by atoms with Gasteiger partial charge in [-0.05, 0) is 37.0 Å². The molecule has 0 amide bonds. The first-order valence-electron chi connectivity index (χ1n) is 7.22. The zero-order valence-electron chi connectivity index (χ0n) is 12.7.